The summed E-state index contributed by atoms with van der Waals surface area (Å²) in [4.78, 5) is 38.3. The molecule has 0 saturated carbocycles. The monoisotopic (exact) mass is 549 g/mol. The van der Waals surface area contributed by atoms with Crippen molar-refractivity contribution in [2.75, 3.05) is 19.9 Å². The fourth-order valence-electron chi connectivity index (χ4n) is 4.14. The fraction of sp³-hybridized carbons (Fsp3) is 0.500. The lowest BCUT2D eigenvalue weighted by molar-refractivity contribution is 0.0560. The van der Waals surface area contributed by atoms with E-state index in [1.165, 1.54) is 31.6 Å². The van der Waals surface area contributed by atoms with Crippen molar-refractivity contribution in [3.8, 4) is 5.88 Å². The van der Waals surface area contributed by atoms with E-state index in [1.807, 2.05) is 0 Å². The smallest absolute Gasteiger partial charge is 0.413 e. The number of benzene rings is 1. The summed E-state index contributed by atoms with van der Waals surface area (Å²) in [5.74, 6) is -0.332. The number of carbonyl (C=O) groups is 2. The minimum atomic E-state index is -2.67. The molecule has 2 atom stereocenters. The van der Waals surface area contributed by atoms with Gasteiger partial charge >= 0.3 is 6.09 Å². The van der Waals surface area contributed by atoms with Crippen LogP contribution in [0.2, 0.25) is 0 Å². The fourth-order valence-corrected chi connectivity index (χ4v) is 6.61. The number of nitrogens with one attached hydrogen (secondary N) is 2. The number of aromatic nitrogens is 2. The molecule has 1 aliphatic rings. The van der Waals surface area contributed by atoms with Crippen LogP contribution in [0.25, 0.3) is 0 Å². The van der Waals surface area contributed by atoms with Crippen LogP contribution >= 0.6 is 10.5 Å². The zero-order chi connectivity index (χ0) is 28.5. The van der Waals surface area contributed by atoms with E-state index in [0.717, 1.165) is 0 Å². The van der Waals surface area contributed by atoms with Crippen LogP contribution in [0.4, 0.5) is 9.18 Å². The number of carbonyl (C=O) groups excluding carboxylic acids is 2. The first kappa shape index (κ1) is 29.5. The normalized spacial score (nSPS) is 24.5. The Labute approximate surface area is 224 Å². The zero-order valence-electron chi connectivity index (χ0n) is 23.0. The molecule has 12 heteroatoms. The summed E-state index contributed by atoms with van der Waals surface area (Å²) in [6.45, 7) is 10.4. The Bertz CT molecular complexity index is 1250. The molecule has 1 aromatic carbocycles. The second-order valence-corrected chi connectivity index (χ2v) is 13.9. The Morgan fingerprint density at radius 3 is 2.42 bits per heavy atom. The molecule has 2 heterocycles. The van der Waals surface area contributed by atoms with E-state index >= 15 is 4.39 Å². The van der Waals surface area contributed by atoms with Crippen molar-refractivity contribution in [3.63, 3.8) is 0 Å². The highest BCUT2D eigenvalue weighted by Crippen LogP contribution is 2.59. The number of amidine groups is 1. The van der Waals surface area contributed by atoms with Crippen molar-refractivity contribution in [3.05, 3.63) is 53.2 Å². The van der Waals surface area contributed by atoms with Gasteiger partial charge in [0.25, 0.3) is 0 Å². The lowest BCUT2D eigenvalue weighted by Crippen LogP contribution is -2.58. The maximum atomic E-state index is 15.3. The molecule has 10 nitrogen and oxygen atoms in total. The summed E-state index contributed by atoms with van der Waals surface area (Å²) in [6, 6.07) is 4.35. The highest BCUT2D eigenvalue weighted by Gasteiger charge is 2.52. The summed E-state index contributed by atoms with van der Waals surface area (Å²) < 4.78 is 39.4. The van der Waals surface area contributed by atoms with Crippen LogP contribution in [0, 0.1) is 5.82 Å². The number of ether oxygens (including phenoxy) is 2. The van der Waals surface area contributed by atoms with Crippen LogP contribution < -0.4 is 14.8 Å². The van der Waals surface area contributed by atoms with E-state index in [1.54, 1.807) is 54.7 Å². The topological polar surface area (TPSA) is 135 Å². The second kappa shape index (κ2) is 10.6. The van der Waals surface area contributed by atoms with Gasteiger partial charge in [-0.2, -0.15) is 0 Å². The maximum absolute atomic E-state index is 15.3. The molecule has 1 amide bonds. The molecule has 3 N–H and O–H groups in total. The Morgan fingerprint density at radius 1 is 1.18 bits per heavy atom. The van der Waals surface area contributed by atoms with Crippen molar-refractivity contribution in [2.24, 2.45) is 4.99 Å². The molecule has 2 aromatic rings. The molecule has 0 bridgehead atoms. The molecule has 1 aromatic heterocycles. The Hall–Kier alpha value is -3.09. The van der Waals surface area contributed by atoms with Gasteiger partial charge in [-0.15, -0.1) is 0 Å². The third kappa shape index (κ3) is 6.13. The number of hydrogen-bond donors (Lipinski definition) is 3. The van der Waals surface area contributed by atoms with Gasteiger partial charge in [-0.05, 0) is 66.3 Å². The molecule has 1 aliphatic heterocycles. The van der Waals surface area contributed by atoms with Gasteiger partial charge in [-0.1, -0.05) is 16.6 Å². The van der Waals surface area contributed by atoms with Crippen LogP contribution in [0.3, 0.4) is 0 Å². The van der Waals surface area contributed by atoms with Crippen LogP contribution in [0.1, 0.15) is 63.2 Å². The lowest BCUT2D eigenvalue weighted by atomic mass is 9.90. The molecular formula is C26H36FN5O5S. The molecular weight excluding hydrogens is 513 g/mol. The van der Waals surface area contributed by atoms with Gasteiger partial charge in [-0.3, -0.25) is 19.8 Å². The van der Waals surface area contributed by atoms with E-state index in [4.69, 9.17) is 14.5 Å². The predicted octanol–water partition coefficient (Wildman–Crippen LogP) is 4.39. The van der Waals surface area contributed by atoms with Gasteiger partial charge in [0.2, 0.25) is 5.88 Å². The number of hydrogen-bond acceptors (Lipinski definition) is 9. The van der Waals surface area contributed by atoms with Gasteiger partial charge in [-0.25, -0.2) is 19.2 Å². The maximum Gasteiger partial charge on any atom is 0.413 e. The van der Waals surface area contributed by atoms with Crippen molar-refractivity contribution in [2.45, 2.75) is 63.9 Å². The number of rotatable bonds is 6. The van der Waals surface area contributed by atoms with Gasteiger partial charge in [0.15, 0.2) is 5.78 Å². The van der Waals surface area contributed by atoms with E-state index in [9.17, 15) is 14.1 Å². The Morgan fingerprint density at radius 2 is 1.87 bits per heavy atom. The average molecular weight is 550 g/mol. The molecule has 1 unspecified atom stereocenters. The largest absolute Gasteiger partial charge is 0.480 e. The highest BCUT2D eigenvalue weighted by molar-refractivity contribution is 8.29. The molecule has 0 fully saturated rings. The number of aliphatic imine (C=N–C) groups is 1. The molecule has 0 aliphatic carbocycles. The summed E-state index contributed by atoms with van der Waals surface area (Å²) in [6.07, 6.45) is 1.90. The molecule has 38 heavy (non-hydrogen) atoms. The first-order chi connectivity index (χ1) is 17.5. The van der Waals surface area contributed by atoms with Crippen molar-refractivity contribution in [1.29, 1.82) is 0 Å². The number of nitrogens with zero attached hydrogens (tertiary/aromatic N) is 3. The minimum Gasteiger partial charge on any atom is -0.480 e. The predicted molar refractivity (Wildman–Crippen MR) is 145 cm³/mol. The minimum absolute atomic E-state index is 0.0499. The van der Waals surface area contributed by atoms with Crippen LogP contribution in [0.15, 0.2) is 35.6 Å². The summed E-state index contributed by atoms with van der Waals surface area (Å²) in [5.41, 5.74) is -1.15. The zero-order valence-corrected chi connectivity index (χ0v) is 23.8. The quantitative estimate of drug-likeness (QED) is 0.452. The van der Waals surface area contributed by atoms with E-state index < -0.39 is 38.3 Å². The number of alkyl carbamates (subject to hydrolysis) is 1. The summed E-state index contributed by atoms with van der Waals surface area (Å²) in [5, 5.41) is 2.68. The first-order valence-corrected chi connectivity index (χ1v) is 13.8. The van der Waals surface area contributed by atoms with E-state index in [2.05, 4.69) is 20.0 Å². The summed E-state index contributed by atoms with van der Waals surface area (Å²) >= 11 is 0. The first-order valence-electron chi connectivity index (χ1n) is 12.0. The number of Topliss-reactive ketones (excluding diaryl/α,β-unsaturated/α-hetero) is 1. The lowest BCUT2D eigenvalue weighted by Gasteiger charge is -2.54. The third-order valence-electron chi connectivity index (χ3n) is 6.32. The van der Waals surface area contributed by atoms with E-state index in [-0.39, 0.29) is 40.9 Å². The molecule has 0 spiro atoms. The highest BCUT2D eigenvalue weighted by atomic mass is 32.3. The molecule has 208 valence electrons. The van der Waals surface area contributed by atoms with Crippen LogP contribution in [0.5, 0.6) is 5.88 Å². The number of amides is 1. The van der Waals surface area contributed by atoms with Crippen molar-refractivity contribution < 1.29 is 28.0 Å². The molecule has 0 radical (unpaired) electrons. The Balaban J connectivity index is 2.01. The third-order valence-corrected chi connectivity index (χ3v) is 9.86. The van der Waals surface area contributed by atoms with Crippen LogP contribution in [-0.2, 0) is 16.7 Å². The van der Waals surface area contributed by atoms with Crippen molar-refractivity contribution >= 4 is 28.2 Å². The Kier molecular flexibility index (Phi) is 8.21. The van der Waals surface area contributed by atoms with Gasteiger partial charge in [0, 0.05) is 17.7 Å². The van der Waals surface area contributed by atoms with Crippen molar-refractivity contribution in [1.82, 2.24) is 20.0 Å². The van der Waals surface area contributed by atoms with Crippen LogP contribution in [-0.4, -0.2) is 62.5 Å². The second-order valence-electron chi connectivity index (χ2n) is 10.8. The molecule has 3 rings (SSSR count). The number of halogens is 1. The van der Waals surface area contributed by atoms with Gasteiger partial charge < -0.3 is 14.0 Å². The number of methoxy groups -OCH3 is 1. The number of ketones is 1. The van der Waals surface area contributed by atoms with E-state index in [0.29, 0.717) is 5.56 Å². The molecule has 0 saturated heterocycles. The van der Waals surface area contributed by atoms with Gasteiger partial charge in [0.05, 0.1) is 29.8 Å². The standard InChI is InChI=1S/C26H36FN5O5S/c1-24(2,3)37-23(34)31-22-25(4,5)38(35,28-7)15-26(6,32-22)17-11-16(9-10-18(17)27)12-20(33)19-13-30-21(36-8)14-29-19/h9-11,13-14,28,35H,12,15H2,1-8H3,(H,31,32,34)/t26-/m0/s1. The van der Waals surface area contributed by atoms with Gasteiger partial charge in [0.1, 0.15) is 22.9 Å². The average Bonchev–Trinajstić information content (AvgIpc) is 2.82. The summed E-state index contributed by atoms with van der Waals surface area (Å²) in [7, 11) is 0.403. The SMILES string of the molecule is CNS1(O)C[C@@](C)(c2cc(CC(=O)c3cnc(OC)cn3)ccc2F)N=C(NC(=O)OC(C)(C)C)C1(C)C.